The molecule has 2 aromatic rings. The Labute approximate surface area is 167 Å². The summed E-state index contributed by atoms with van der Waals surface area (Å²) in [5.74, 6) is 0.273. The molecular formula is C23H31FN3O+. The Morgan fingerprint density at radius 1 is 1.11 bits per heavy atom. The molecular weight excluding hydrogens is 353 g/mol. The summed E-state index contributed by atoms with van der Waals surface area (Å²) < 4.78 is 13.1. The number of para-hydroxylation sites is 1. The number of piperazine rings is 1. The molecule has 28 heavy (non-hydrogen) atoms. The van der Waals surface area contributed by atoms with Crippen LogP contribution in [-0.4, -0.2) is 38.1 Å². The lowest BCUT2D eigenvalue weighted by atomic mass is 9.97. The van der Waals surface area contributed by atoms with Crippen molar-refractivity contribution in [1.82, 2.24) is 0 Å². The molecule has 4 nitrogen and oxygen atoms in total. The highest BCUT2D eigenvalue weighted by Gasteiger charge is 2.29. The largest absolute Gasteiger partial charge is 0.360 e. The van der Waals surface area contributed by atoms with Gasteiger partial charge in [0, 0.05) is 11.4 Å². The van der Waals surface area contributed by atoms with Crippen LogP contribution >= 0.6 is 0 Å². The van der Waals surface area contributed by atoms with Gasteiger partial charge in [0.2, 0.25) is 0 Å². The maximum atomic E-state index is 13.1. The summed E-state index contributed by atoms with van der Waals surface area (Å²) >= 11 is 0. The van der Waals surface area contributed by atoms with Crippen molar-refractivity contribution in [2.45, 2.75) is 39.2 Å². The number of rotatable bonds is 6. The SMILES string of the molecule is CC[C@@H](C)c1ccccc1NC(=O)[C@H](C)[NH+]1CCN(c2ccc(F)cc2)CC1. The number of benzene rings is 2. The fourth-order valence-corrected chi connectivity index (χ4v) is 3.82. The summed E-state index contributed by atoms with van der Waals surface area (Å²) in [5.41, 5.74) is 3.17. The van der Waals surface area contributed by atoms with Crippen LogP contribution in [0.5, 0.6) is 0 Å². The number of hydrogen-bond donors (Lipinski definition) is 2. The summed E-state index contributed by atoms with van der Waals surface area (Å²) in [6.45, 7) is 9.86. The van der Waals surface area contributed by atoms with E-state index in [9.17, 15) is 9.18 Å². The second-order valence-electron chi connectivity index (χ2n) is 7.73. The Hall–Kier alpha value is -2.40. The van der Waals surface area contributed by atoms with Crippen LogP contribution in [0.15, 0.2) is 48.5 Å². The van der Waals surface area contributed by atoms with Gasteiger partial charge in [0.1, 0.15) is 5.82 Å². The second-order valence-corrected chi connectivity index (χ2v) is 7.73. The fraction of sp³-hybridized carbons (Fsp3) is 0.435. The van der Waals surface area contributed by atoms with E-state index in [0.717, 1.165) is 44.0 Å². The lowest BCUT2D eigenvalue weighted by Crippen LogP contribution is -3.19. The number of amides is 1. The van der Waals surface area contributed by atoms with Crippen LogP contribution in [0.25, 0.3) is 0 Å². The lowest BCUT2D eigenvalue weighted by molar-refractivity contribution is -0.914. The average molecular weight is 385 g/mol. The van der Waals surface area contributed by atoms with Crippen molar-refractivity contribution in [3.63, 3.8) is 0 Å². The minimum absolute atomic E-state index is 0.0704. The minimum Gasteiger partial charge on any atom is -0.360 e. The van der Waals surface area contributed by atoms with E-state index >= 15 is 0 Å². The molecule has 1 fully saturated rings. The van der Waals surface area contributed by atoms with Gasteiger partial charge in [0.15, 0.2) is 6.04 Å². The van der Waals surface area contributed by atoms with Crippen molar-refractivity contribution in [3.8, 4) is 0 Å². The van der Waals surface area contributed by atoms with Crippen molar-refractivity contribution >= 4 is 17.3 Å². The number of carbonyl (C=O) groups is 1. The average Bonchev–Trinajstić information content (AvgIpc) is 2.73. The first kappa shape index (κ1) is 20.3. The highest BCUT2D eigenvalue weighted by atomic mass is 19.1. The van der Waals surface area contributed by atoms with Crippen molar-refractivity contribution in [2.75, 3.05) is 36.4 Å². The third kappa shape index (κ3) is 4.71. The maximum Gasteiger partial charge on any atom is 0.282 e. The molecule has 0 saturated carbocycles. The number of halogens is 1. The molecule has 0 aromatic heterocycles. The van der Waals surface area contributed by atoms with Gasteiger partial charge in [-0.25, -0.2) is 4.39 Å². The molecule has 0 aliphatic carbocycles. The normalized spacial score (nSPS) is 17.2. The standard InChI is InChI=1S/C23H30FN3O/c1-4-17(2)21-7-5-6-8-22(21)25-23(28)18(3)26-13-15-27(16-14-26)20-11-9-19(24)10-12-20/h5-12,17-18H,4,13-16H2,1-3H3,(H,25,28)/p+1/t17-,18+/m1/s1. The van der Waals surface area contributed by atoms with Crippen molar-refractivity contribution in [2.24, 2.45) is 0 Å². The maximum absolute atomic E-state index is 13.1. The first-order valence-corrected chi connectivity index (χ1v) is 10.2. The first-order valence-electron chi connectivity index (χ1n) is 10.2. The van der Waals surface area contributed by atoms with E-state index in [1.54, 1.807) is 0 Å². The number of anilines is 2. The number of nitrogens with one attached hydrogen (secondary N) is 2. The zero-order valence-corrected chi connectivity index (χ0v) is 17.0. The van der Waals surface area contributed by atoms with Crippen molar-refractivity contribution < 1.29 is 14.1 Å². The molecule has 0 unspecified atom stereocenters. The van der Waals surface area contributed by atoms with Gasteiger partial charge in [-0.2, -0.15) is 0 Å². The highest BCUT2D eigenvalue weighted by molar-refractivity contribution is 5.94. The van der Waals surface area contributed by atoms with Gasteiger partial charge in [-0.3, -0.25) is 4.79 Å². The van der Waals surface area contributed by atoms with E-state index < -0.39 is 0 Å². The molecule has 1 aliphatic heterocycles. The van der Waals surface area contributed by atoms with E-state index in [1.165, 1.54) is 22.6 Å². The van der Waals surface area contributed by atoms with Crippen LogP contribution in [0.4, 0.5) is 15.8 Å². The van der Waals surface area contributed by atoms with Gasteiger partial charge >= 0.3 is 0 Å². The number of carbonyl (C=O) groups excluding carboxylic acids is 1. The third-order valence-electron chi connectivity index (χ3n) is 5.97. The van der Waals surface area contributed by atoms with E-state index in [1.807, 2.05) is 37.3 Å². The summed E-state index contributed by atoms with van der Waals surface area (Å²) in [7, 11) is 0. The van der Waals surface area contributed by atoms with Crippen LogP contribution in [0, 0.1) is 5.82 Å². The molecule has 1 heterocycles. The molecule has 2 N–H and O–H groups in total. The van der Waals surface area contributed by atoms with E-state index in [0.29, 0.717) is 5.92 Å². The molecule has 1 amide bonds. The molecule has 150 valence electrons. The topological polar surface area (TPSA) is 36.8 Å². The molecule has 0 spiro atoms. The Balaban J connectivity index is 1.58. The van der Waals surface area contributed by atoms with Gasteiger partial charge in [-0.1, -0.05) is 32.0 Å². The molecule has 1 aliphatic rings. The smallest absolute Gasteiger partial charge is 0.282 e. The predicted molar refractivity (Wildman–Crippen MR) is 113 cm³/mol. The molecule has 5 heteroatoms. The number of hydrogen-bond acceptors (Lipinski definition) is 2. The highest BCUT2D eigenvalue weighted by Crippen LogP contribution is 2.26. The zero-order valence-electron chi connectivity index (χ0n) is 17.0. The van der Waals surface area contributed by atoms with Crippen LogP contribution in [0.3, 0.4) is 0 Å². The van der Waals surface area contributed by atoms with Crippen LogP contribution in [0.1, 0.15) is 38.7 Å². The molecule has 1 saturated heterocycles. The number of quaternary nitrogens is 1. The van der Waals surface area contributed by atoms with Crippen LogP contribution in [0.2, 0.25) is 0 Å². The summed E-state index contributed by atoms with van der Waals surface area (Å²) in [5, 5.41) is 3.16. The Morgan fingerprint density at radius 3 is 2.39 bits per heavy atom. The summed E-state index contributed by atoms with van der Waals surface area (Å²) in [4.78, 5) is 16.4. The van der Waals surface area contributed by atoms with E-state index in [-0.39, 0.29) is 17.8 Å². The first-order chi connectivity index (χ1) is 13.5. The van der Waals surface area contributed by atoms with E-state index in [4.69, 9.17) is 0 Å². The second kappa shape index (κ2) is 9.20. The van der Waals surface area contributed by atoms with Crippen molar-refractivity contribution in [3.05, 3.63) is 59.9 Å². The monoisotopic (exact) mass is 384 g/mol. The Morgan fingerprint density at radius 2 is 1.75 bits per heavy atom. The quantitative estimate of drug-likeness (QED) is 0.803. The molecule has 0 radical (unpaired) electrons. The zero-order chi connectivity index (χ0) is 20.1. The third-order valence-corrected chi connectivity index (χ3v) is 5.97. The van der Waals surface area contributed by atoms with Gasteiger partial charge in [-0.15, -0.1) is 0 Å². The molecule has 2 atom stereocenters. The van der Waals surface area contributed by atoms with Gasteiger partial charge in [0.05, 0.1) is 26.2 Å². The lowest BCUT2D eigenvalue weighted by Gasteiger charge is -2.36. The minimum atomic E-state index is -0.212. The summed E-state index contributed by atoms with van der Waals surface area (Å²) in [6, 6.07) is 14.6. The van der Waals surface area contributed by atoms with Crippen LogP contribution < -0.4 is 15.1 Å². The van der Waals surface area contributed by atoms with Gasteiger partial charge in [0.25, 0.3) is 5.91 Å². The Bertz CT molecular complexity index is 785. The number of nitrogens with zero attached hydrogens (tertiary/aromatic N) is 1. The summed E-state index contributed by atoms with van der Waals surface area (Å²) in [6.07, 6.45) is 1.04. The molecule has 3 rings (SSSR count). The van der Waals surface area contributed by atoms with Crippen molar-refractivity contribution in [1.29, 1.82) is 0 Å². The molecule has 0 bridgehead atoms. The molecule has 2 aromatic carbocycles. The van der Waals surface area contributed by atoms with Gasteiger partial charge < -0.3 is 15.1 Å². The van der Waals surface area contributed by atoms with E-state index in [2.05, 4.69) is 30.1 Å². The van der Waals surface area contributed by atoms with Gasteiger partial charge in [-0.05, 0) is 55.2 Å². The fourth-order valence-electron chi connectivity index (χ4n) is 3.82. The Kier molecular flexibility index (Phi) is 6.68. The predicted octanol–water partition coefficient (Wildman–Crippen LogP) is 3.07. The van der Waals surface area contributed by atoms with Crippen LogP contribution in [-0.2, 0) is 4.79 Å².